The summed E-state index contributed by atoms with van der Waals surface area (Å²) in [5, 5.41) is 0. The van der Waals surface area contributed by atoms with Crippen LogP contribution in [0.2, 0.25) is 0 Å². The van der Waals surface area contributed by atoms with E-state index in [2.05, 4.69) is 0 Å². The van der Waals surface area contributed by atoms with Gasteiger partial charge in [0.1, 0.15) is 12.3 Å². The summed E-state index contributed by atoms with van der Waals surface area (Å²) in [4.78, 5) is 26.7. The van der Waals surface area contributed by atoms with E-state index in [1.54, 1.807) is 22.8 Å². The number of methoxy groups -OCH3 is 1. The second-order valence-electron chi connectivity index (χ2n) is 5.96. The molecular formula is C17H21F3N2O3. The molecule has 0 radical (unpaired) electrons. The summed E-state index contributed by atoms with van der Waals surface area (Å²) in [5.74, 6) is -0.229. The van der Waals surface area contributed by atoms with Gasteiger partial charge in [-0.05, 0) is 25.1 Å². The average molecular weight is 358 g/mol. The predicted octanol–water partition coefficient (Wildman–Crippen LogP) is 2.35. The Morgan fingerprint density at radius 1 is 1.36 bits per heavy atom. The Morgan fingerprint density at radius 3 is 2.68 bits per heavy atom. The van der Waals surface area contributed by atoms with Gasteiger partial charge >= 0.3 is 6.18 Å². The number of piperazine rings is 1. The van der Waals surface area contributed by atoms with Gasteiger partial charge in [0.15, 0.2) is 0 Å². The number of aldehydes is 1. The van der Waals surface area contributed by atoms with Crippen LogP contribution in [0.3, 0.4) is 0 Å². The van der Waals surface area contributed by atoms with Gasteiger partial charge < -0.3 is 19.3 Å². The van der Waals surface area contributed by atoms with E-state index in [9.17, 15) is 22.8 Å². The zero-order chi connectivity index (χ0) is 18.6. The number of nitrogens with zero attached hydrogens (tertiary/aromatic N) is 2. The first-order valence-corrected chi connectivity index (χ1v) is 7.96. The first kappa shape index (κ1) is 19.2. The minimum absolute atomic E-state index is 0.163. The number of carbonyl (C=O) groups is 2. The summed E-state index contributed by atoms with van der Waals surface area (Å²) in [6.07, 6.45) is -3.53. The normalized spacial score (nSPS) is 19.9. The summed E-state index contributed by atoms with van der Waals surface area (Å²) in [6, 6.07) is 3.97. The summed E-state index contributed by atoms with van der Waals surface area (Å²) < 4.78 is 43.8. The molecule has 1 amide bonds. The van der Waals surface area contributed by atoms with Gasteiger partial charge in [0.2, 0.25) is 5.91 Å². The van der Waals surface area contributed by atoms with Crippen molar-refractivity contribution in [3.8, 4) is 0 Å². The van der Waals surface area contributed by atoms with E-state index in [0.717, 1.165) is 18.4 Å². The van der Waals surface area contributed by atoms with Crippen molar-refractivity contribution >= 4 is 17.9 Å². The number of ether oxygens (including phenoxy) is 1. The molecule has 0 saturated carbocycles. The lowest BCUT2D eigenvalue weighted by Crippen LogP contribution is -2.59. The number of benzene rings is 1. The maximum absolute atomic E-state index is 12.9. The molecule has 1 saturated heterocycles. The minimum Gasteiger partial charge on any atom is -0.383 e. The SMILES string of the molecule is COCC(CC=O)N1CCN(c2cccc(C(F)(F)F)c2)C(C)C1=O. The third-order valence-corrected chi connectivity index (χ3v) is 4.36. The molecule has 1 aromatic carbocycles. The second-order valence-corrected chi connectivity index (χ2v) is 5.96. The molecule has 0 aromatic heterocycles. The minimum atomic E-state index is -4.43. The van der Waals surface area contributed by atoms with E-state index < -0.39 is 17.8 Å². The van der Waals surface area contributed by atoms with Crippen molar-refractivity contribution in [3.63, 3.8) is 0 Å². The molecule has 1 fully saturated rings. The lowest BCUT2D eigenvalue weighted by Gasteiger charge is -2.43. The highest BCUT2D eigenvalue weighted by atomic mass is 19.4. The van der Waals surface area contributed by atoms with Crippen LogP contribution >= 0.6 is 0 Å². The van der Waals surface area contributed by atoms with E-state index in [4.69, 9.17) is 4.74 Å². The van der Waals surface area contributed by atoms with Crippen molar-refractivity contribution in [3.05, 3.63) is 29.8 Å². The lowest BCUT2D eigenvalue weighted by atomic mass is 10.1. The Kier molecular flexibility index (Phi) is 6.05. The molecule has 0 N–H and O–H groups in total. The topological polar surface area (TPSA) is 49.9 Å². The molecule has 0 spiro atoms. The number of alkyl halides is 3. The molecular weight excluding hydrogens is 337 g/mol. The maximum Gasteiger partial charge on any atom is 0.416 e. The van der Waals surface area contributed by atoms with Crippen molar-refractivity contribution in [1.82, 2.24) is 4.90 Å². The van der Waals surface area contributed by atoms with Crippen LogP contribution in [-0.4, -0.2) is 56.0 Å². The Labute approximate surface area is 144 Å². The number of carbonyl (C=O) groups excluding carboxylic acids is 2. The fraction of sp³-hybridized carbons (Fsp3) is 0.529. The monoisotopic (exact) mass is 358 g/mol. The molecule has 2 unspecified atom stereocenters. The highest BCUT2D eigenvalue weighted by Crippen LogP contribution is 2.32. The Balaban J connectivity index is 2.20. The fourth-order valence-corrected chi connectivity index (χ4v) is 3.06. The van der Waals surface area contributed by atoms with Gasteiger partial charge in [-0.1, -0.05) is 6.07 Å². The molecule has 5 nitrogen and oxygen atoms in total. The van der Waals surface area contributed by atoms with E-state index in [1.807, 2.05) is 0 Å². The van der Waals surface area contributed by atoms with Crippen molar-refractivity contribution in [2.45, 2.75) is 31.6 Å². The average Bonchev–Trinajstić information content (AvgIpc) is 2.56. The first-order valence-electron chi connectivity index (χ1n) is 7.96. The molecule has 1 aliphatic rings. The van der Waals surface area contributed by atoms with Crippen molar-refractivity contribution < 1.29 is 27.5 Å². The summed E-state index contributed by atoms with van der Waals surface area (Å²) >= 11 is 0. The number of rotatable bonds is 6. The molecule has 2 atom stereocenters. The van der Waals surface area contributed by atoms with Gasteiger partial charge in [0.25, 0.3) is 0 Å². The molecule has 1 heterocycles. The van der Waals surface area contributed by atoms with E-state index in [-0.39, 0.29) is 25.0 Å². The van der Waals surface area contributed by atoms with Crippen LogP contribution in [0.1, 0.15) is 18.9 Å². The van der Waals surface area contributed by atoms with Gasteiger partial charge in [0.05, 0.1) is 18.2 Å². The Bertz CT molecular complexity index is 621. The standard InChI is InChI=1S/C17H21F3N2O3/c1-12-16(24)22(15(6-9-23)11-25-2)8-7-21(12)14-5-3-4-13(10-14)17(18,19)20/h3-5,9-10,12,15H,6-8,11H2,1-2H3. The maximum atomic E-state index is 12.9. The Hall–Kier alpha value is -2.09. The van der Waals surface area contributed by atoms with Gasteiger partial charge in [-0.15, -0.1) is 0 Å². The van der Waals surface area contributed by atoms with Crippen LogP contribution in [-0.2, 0) is 20.5 Å². The molecule has 2 rings (SSSR count). The number of hydrogen-bond acceptors (Lipinski definition) is 4. The Morgan fingerprint density at radius 2 is 2.08 bits per heavy atom. The first-order chi connectivity index (χ1) is 11.8. The predicted molar refractivity (Wildman–Crippen MR) is 86.3 cm³/mol. The number of halogens is 3. The zero-order valence-electron chi connectivity index (χ0n) is 14.1. The van der Waals surface area contributed by atoms with Crippen molar-refractivity contribution in [2.75, 3.05) is 31.7 Å². The molecule has 25 heavy (non-hydrogen) atoms. The van der Waals surface area contributed by atoms with E-state index in [1.165, 1.54) is 13.2 Å². The highest BCUT2D eigenvalue weighted by Gasteiger charge is 2.36. The van der Waals surface area contributed by atoms with E-state index in [0.29, 0.717) is 18.8 Å². The van der Waals surface area contributed by atoms with Crippen molar-refractivity contribution in [2.24, 2.45) is 0 Å². The second kappa shape index (κ2) is 7.86. The summed E-state index contributed by atoms with van der Waals surface area (Å²) in [5.41, 5.74) is -0.390. The van der Waals surface area contributed by atoms with Gasteiger partial charge in [-0.3, -0.25) is 4.79 Å². The number of hydrogen-bond donors (Lipinski definition) is 0. The quantitative estimate of drug-likeness (QED) is 0.733. The van der Waals surface area contributed by atoms with Crippen LogP contribution in [0, 0.1) is 0 Å². The van der Waals surface area contributed by atoms with Crippen LogP contribution in [0.15, 0.2) is 24.3 Å². The molecule has 8 heteroatoms. The van der Waals surface area contributed by atoms with Crippen molar-refractivity contribution in [1.29, 1.82) is 0 Å². The molecule has 138 valence electrons. The van der Waals surface area contributed by atoms with Gasteiger partial charge in [-0.2, -0.15) is 13.2 Å². The van der Waals surface area contributed by atoms with Gasteiger partial charge in [-0.25, -0.2) is 0 Å². The largest absolute Gasteiger partial charge is 0.416 e. The van der Waals surface area contributed by atoms with Crippen LogP contribution in [0.4, 0.5) is 18.9 Å². The summed E-state index contributed by atoms with van der Waals surface area (Å²) in [7, 11) is 1.49. The third-order valence-electron chi connectivity index (χ3n) is 4.36. The van der Waals surface area contributed by atoms with E-state index >= 15 is 0 Å². The fourth-order valence-electron chi connectivity index (χ4n) is 3.06. The molecule has 1 aliphatic heterocycles. The van der Waals surface area contributed by atoms with Gasteiger partial charge in [0, 0.05) is 32.3 Å². The molecule has 1 aromatic rings. The lowest BCUT2D eigenvalue weighted by molar-refractivity contribution is -0.138. The van der Waals surface area contributed by atoms with Crippen LogP contribution in [0.5, 0.6) is 0 Å². The van der Waals surface area contributed by atoms with Crippen LogP contribution in [0.25, 0.3) is 0 Å². The highest BCUT2D eigenvalue weighted by molar-refractivity contribution is 5.86. The zero-order valence-corrected chi connectivity index (χ0v) is 14.1. The molecule has 0 aliphatic carbocycles. The smallest absolute Gasteiger partial charge is 0.383 e. The molecule has 0 bridgehead atoms. The van der Waals surface area contributed by atoms with Crippen LogP contribution < -0.4 is 4.90 Å². The third kappa shape index (κ3) is 4.31. The summed E-state index contributed by atoms with van der Waals surface area (Å²) in [6.45, 7) is 2.59. The number of anilines is 1. The number of amides is 1.